The van der Waals surface area contributed by atoms with Crippen molar-refractivity contribution < 1.29 is 14.5 Å². The number of nitrogens with one attached hydrogen (secondary N) is 1. The Kier molecular flexibility index (Phi) is 4.24. The number of fused-ring (bicyclic) bond motifs is 1. The number of esters is 1. The van der Waals surface area contributed by atoms with E-state index in [1.54, 1.807) is 19.2 Å². The van der Waals surface area contributed by atoms with Crippen molar-refractivity contribution in [3.63, 3.8) is 0 Å². The molecule has 10 heteroatoms. The Morgan fingerprint density at radius 3 is 2.88 bits per heavy atom. The van der Waals surface area contributed by atoms with Gasteiger partial charge in [0.25, 0.3) is 5.69 Å². The average molecular weight is 362 g/mol. The van der Waals surface area contributed by atoms with Crippen molar-refractivity contribution >= 4 is 40.3 Å². The zero-order valence-corrected chi connectivity index (χ0v) is 13.9. The minimum absolute atomic E-state index is 0.0411. The third-order valence-corrected chi connectivity index (χ3v) is 3.76. The minimum atomic E-state index is -0.565. The molecule has 0 radical (unpaired) electrons. The number of carbonyl (C=O) groups is 1. The van der Waals surface area contributed by atoms with Crippen molar-refractivity contribution in [3.05, 3.63) is 51.4 Å². The van der Waals surface area contributed by atoms with Crippen LogP contribution in [-0.2, 0) is 4.79 Å². The predicted molar refractivity (Wildman–Crippen MR) is 90.4 cm³/mol. The molecule has 9 nitrogen and oxygen atoms in total. The summed E-state index contributed by atoms with van der Waals surface area (Å²) in [6.07, 6.45) is 2.87. The third-order valence-electron chi connectivity index (χ3n) is 3.44. The summed E-state index contributed by atoms with van der Waals surface area (Å²) in [6, 6.07) is 4.33. The van der Waals surface area contributed by atoms with Crippen LogP contribution in [0, 0.1) is 17.0 Å². The van der Waals surface area contributed by atoms with Crippen LogP contribution in [0.1, 0.15) is 12.5 Å². The predicted octanol–water partition coefficient (Wildman–Crippen LogP) is 3.27. The summed E-state index contributed by atoms with van der Waals surface area (Å²) in [5.74, 6) is 0.315. The molecule has 25 heavy (non-hydrogen) atoms. The molecule has 3 aromatic rings. The van der Waals surface area contributed by atoms with Crippen LogP contribution in [0.2, 0.25) is 5.02 Å². The molecule has 0 aliphatic heterocycles. The van der Waals surface area contributed by atoms with E-state index in [0.29, 0.717) is 28.3 Å². The Morgan fingerprint density at radius 1 is 1.44 bits per heavy atom. The van der Waals surface area contributed by atoms with Crippen LogP contribution >= 0.6 is 11.6 Å². The first-order valence-corrected chi connectivity index (χ1v) is 7.47. The van der Waals surface area contributed by atoms with Gasteiger partial charge in [-0.25, -0.2) is 9.50 Å². The Morgan fingerprint density at radius 2 is 2.20 bits per heavy atom. The molecule has 2 heterocycles. The fourth-order valence-corrected chi connectivity index (χ4v) is 2.54. The Balaban J connectivity index is 2.05. The highest BCUT2D eigenvalue weighted by Gasteiger charge is 2.17. The highest BCUT2D eigenvalue weighted by atomic mass is 35.5. The molecular weight excluding hydrogens is 350 g/mol. The van der Waals surface area contributed by atoms with Crippen molar-refractivity contribution in [1.82, 2.24) is 14.6 Å². The molecule has 0 aliphatic carbocycles. The second-order valence-electron chi connectivity index (χ2n) is 5.16. The van der Waals surface area contributed by atoms with Gasteiger partial charge in [-0.1, -0.05) is 11.6 Å². The van der Waals surface area contributed by atoms with E-state index >= 15 is 0 Å². The molecule has 0 atom stereocenters. The number of rotatable bonds is 4. The maximum Gasteiger partial charge on any atom is 0.308 e. The topological polar surface area (TPSA) is 112 Å². The number of aromatic nitrogens is 3. The molecule has 2 aromatic heterocycles. The van der Waals surface area contributed by atoms with Gasteiger partial charge in [0.1, 0.15) is 16.9 Å². The van der Waals surface area contributed by atoms with E-state index in [1.807, 2.05) is 0 Å². The summed E-state index contributed by atoms with van der Waals surface area (Å²) < 4.78 is 6.65. The van der Waals surface area contributed by atoms with Crippen LogP contribution in [0.5, 0.6) is 5.75 Å². The molecule has 0 amide bonds. The van der Waals surface area contributed by atoms with Crippen LogP contribution in [-0.4, -0.2) is 25.5 Å². The Bertz CT molecular complexity index is 1000. The number of nitrogens with zero attached hydrogens (tertiary/aromatic N) is 4. The van der Waals surface area contributed by atoms with Gasteiger partial charge >= 0.3 is 5.97 Å². The monoisotopic (exact) mass is 361 g/mol. The summed E-state index contributed by atoms with van der Waals surface area (Å²) in [7, 11) is 0. The highest BCUT2D eigenvalue weighted by molar-refractivity contribution is 6.32. The molecule has 0 saturated carbocycles. The van der Waals surface area contributed by atoms with E-state index in [1.165, 1.54) is 29.9 Å². The number of ether oxygens (including phenoxy) is 1. The lowest BCUT2D eigenvalue weighted by Gasteiger charge is -2.08. The van der Waals surface area contributed by atoms with Gasteiger partial charge in [-0.05, 0) is 19.1 Å². The van der Waals surface area contributed by atoms with Crippen LogP contribution in [0.3, 0.4) is 0 Å². The van der Waals surface area contributed by atoms with Crippen LogP contribution < -0.4 is 10.1 Å². The van der Waals surface area contributed by atoms with E-state index in [9.17, 15) is 14.9 Å². The third kappa shape index (κ3) is 3.22. The van der Waals surface area contributed by atoms with Crippen molar-refractivity contribution in [1.29, 1.82) is 0 Å². The number of nitro benzene ring substituents is 1. The average Bonchev–Trinajstić information content (AvgIpc) is 2.85. The largest absolute Gasteiger partial charge is 0.425 e. The number of anilines is 2. The number of halogens is 1. The zero-order chi connectivity index (χ0) is 18.1. The maximum absolute atomic E-state index is 11.2. The standard InChI is InChI=1S/C15H12ClN5O4/c1-8-13(25-9(2)22)6-20-14(8)15(17-7-18-20)19-10-3-4-11(16)12(5-10)21(23)24/h3-7H,1-2H3,(H,17,18,19). The summed E-state index contributed by atoms with van der Waals surface area (Å²) in [4.78, 5) is 25.8. The van der Waals surface area contributed by atoms with Crippen molar-refractivity contribution in [3.8, 4) is 5.75 Å². The first-order chi connectivity index (χ1) is 11.9. The molecule has 1 N–H and O–H groups in total. The van der Waals surface area contributed by atoms with E-state index in [-0.39, 0.29) is 10.7 Å². The molecule has 3 rings (SSSR count). The van der Waals surface area contributed by atoms with Crippen LogP contribution in [0.15, 0.2) is 30.7 Å². The van der Waals surface area contributed by atoms with E-state index < -0.39 is 10.9 Å². The summed E-state index contributed by atoms with van der Waals surface area (Å²) >= 11 is 5.82. The van der Waals surface area contributed by atoms with Gasteiger partial charge in [0, 0.05) is 24.2 Å². The first-order valence-electron chi connectivity index (χ1n) is 7.09. The summed E-state index contributed by atoms with van der Waals surface area (Å²) in [5, 5.41) is 18.1. The van der Waals surface area contributed by atoms with Crippen LogP contribution in [0.4, 0.5) is 17.2 Å². The lowest BCUT2D eigenvalue weighted by atomic mass is 10.2. The second kappa shape index (κ2) is 6.36. The van der Waals surface area contributed by atoms with Gasteiger partial charge in [-0.15, -0.1) is 0 Å². The van der Waals surface area contributed by atoms with Crippen molar-refractivity contribution in [2.24, 2.45) is 0 Å². The fraction of sp³-hybridized carbons (Fsp3) is 0.133. The highest BCUT2D eigenvalue weighted by Crippen LogP contribution is 2.32. The molecule has 1 aromatic carbocycles. The molecule has 0 spiro atoms. The quantitative estimate of drug-likeness (QED) is 0.431. The number of benzene rings is 1. The normalized spacial score (nSPS) is 10.7. The fourth-order valence-electron chi connectivity index (χ4n) is 2.35. The molecule has 0 fully saturated rings. The molecule has 128 valence electrons. The number of nitro groups is 1. The van der Waals surface area contributed by atoms with Crippen molar-refractivity contribution in [2.45, 2.75) is 13.8 Å². The smallest absolute Gasteiger partial charge is 0.308 e. The van der Waals surface area contributed by atoms with E-state index in [4.69, 9.17) is 16.3 Å². The summed E-state index contributed by atoms with van der Waals surface area (Å²) in [5.41, 5.74) is 1.45. The molecule has 0 aliphatic rings. The lowest BCUT2D eigenvalue weighted by Crippen LogP contribution is -2.01. The molecule has 0 saturated heterocycles. The minimum Gasteiger partial charge on any atom is -0.425 e. The zero-order valence-electron chi connectivity index (χ0n) is 13.2. The maximum atomic E-state index is 11.2. The number of carbonyl (C=O) groups excluding carboxylic acids is 1. The van der Waals surface area contributed by atoms with Crippen molar-refractivity contribution in [2.75, 3.05) is 5.32 Å². The van der Waals surface area contributed by atoms with Gasteiger partial charge in [0.15, 0.2) is 11.6 Å². The molecule has 0 unspecified atom stereocenters. The Labute approximate surface area is 146 Å². The van der Waals surface area contributed by atoms with Gasteiger partial charge in [-0.3, -0.25) is 14.9 Å². The lowest BCUT2D eigenvalue weighted by molar-refractivity contribution is -0.384. The van der Waals surface area contributed by atoms with Gasteiger partial charge < -0.3 is 10.1 Å². The van der Waals surface area contributed by atoms with E-state index in [2.05, 4.69) is 15.4 Å². The first kappa shape index (κ1) is 16.7. The van der Waals surface area contributed by atoms with Gasteiger partial charge in [0.2, 0.25) is 0 Å². The molecular formula is C15H12ClN5O4. The second-order valence-corrected chi connectivity index (χ2v) is 5.57. The van der Waals surface area contributed by atoms with E-state index in [0.717, 1.165) is 0 Å². The van der Waals surface area contributed by atoms with Crippen LogP contribution in [0.25, 0.3) is 5.52 Å². The number of hydrogen-bond acceptors (Lipinski definition) is 7. The van der Waals surface area contributed by atoms with Gasteiger partial charge in [0.05, 0.1) is 11.1 Å². The number of aryl methyl sites for hydroxylation is 1. The summed E-state index contributed by atoms with van der Waals surface area (Å²) in [6.45, 7) is 3.06. The number of hydrogen-bond donors (Lipinski definition) is 1. The molecule has 0 bridgehead atoms. The van der Waals surface area contributed by atoms with Gasteiger partial charge in [-0.2, -0.15) is 5.10 Å². The SMILES string of the molecule is CC(=O)Oc1cn2ncnc(Nc3ccc(Cl)c([N+](=O)[O-])c3)c2c1C. The Hall–Kier alpha value is -3.20.